The van der Waals surface area contributed by atoms with Crippen LogP contribution in [0.3, 0.4) is 0 Å². The molecule has 2 N–H and O–H groups in total. The number of ether oxygens (including phenoxy) is 3. The summed E-state index contributed by atoms with van der Waals surface area (Å²) in [6.45, 7) is 1.05. The van der Waals surface area contributed by atoms with Crippen LogP contribution in [-0.4, -0.2) is 48.5 Å². The molecule has 0 spiro atoms. The van der Waals surface area contributed by atoms with Crippen LogP contribution in [0.25, 0.3) is 0 Å². The van der Waals surface area contributed by atoms with E-state index in [0.29, 0.717) is 38.3 Å². The van der Waals surface area contributed by atoms with Crippen molar-refractivity contribution in [2.45, 2.75) is 24.7 Å². The molecule has 1 aliphatic rings. The van der Waals surface area contributed by atoms with Crippen LogP contribution < -0.4 is 14.8 Å². The van der Waals surface area contributed by atoms with Crippen molar-refractivity contribution in [3.63, 3.8) is 0 Å². The van der Waals surface area contributed by atoms with E-state index in [9.17, 15) is 4.79 Å². The Balaban J connectivity index is 1.49. The van der Waals surface area contributed by atoms with Gasteiger partial charge in [0.25, 0.3) is 0 Å². The number of H-pyrrole nitrogens is 1. The topological polar surface area (TPSA) is 98.4 Å². The molecule has 0 atom stereocenters. The van der Waals surface area contributed by atoms with Crippen molar-refractivity contribution in [2.24, 2.45) is 0 Å². The third-order valence-electron chi connectivity index (χ3n) is 5.71. The second-order valence-corrected chi connectivity index (χ2v) is 7.51. The monoisotopic (exact) mass is 422 g/mol. The Morgan fingerprint density at radius 3 is 2.26 bits per heavy atom. The van der Waals surface area contributed by atoms with E-state index in [4.69, 9.17) is 14.2 Å². The standard InChI is InChI=1S/C23H26N4O4/c1-29-18-7-3-16(4-8-18)15-20-24-22(27-26-20)25-21(28)23(11-13-31-14-12-23)17-5-9-19(30-2)10-6-17/h3-10H,11-15H2,1-2H3,(H2,24,25,26,27,28). The number of aromatic nitrogens is 3. The lowest BCUT2D eigenvalue weighted by Crippen LogP contribution is -2.45. The number of nitrogens with zero attached hydrogens (tertiary/aromatic N) is 2. The average Bonchev–Trinajstić information content (AvgIpc) is 3.26. The third-order valence-corrected chi connectivity index (χ3v) is 5.71. The number of nitrogens with one attached hydrogen (secondary N) is 2. The van der Waals surface area contributed by atoms with Crippen LogP contribution in [0.5, 0.6) is 11.5 Å². The van der Waals surface area contributed by atoms with E-state index in [1.165, 1.54) is 0 Å². The largest absolute Gasteiger partial charge is 0.497 e. The molecule has 8 nitrogen and oxygen atoms in total. The number of carbonyl (C=O) groups excluding carboxylic acids is 1. The van der Waals surface area contributed by atoms with Gasteiger partial charge >= 0.3 is 0 Å². The van der Waals surface area contributed by atoms with Crippen molar-refractivity contribution in [3.8, 4) is 11.5 Å². The second kappa shape index (κ2) is 9.18. The molecule has 1 saturated heterocycles. The van der Waals surface area contributed by atoms with Crippen molar-refractivity contribution in [1.29, 1.82) is 0 Å². The fourth-order valence-electron chi connectivity index (χ4n) is 3.86. The molecule has 2 aromatic carbocycles. The first-order valence-electron chi connectivity index (χ1n) is 10.2. The minimum atomic E-state index is -0.693. The van der Waals surface area contributed by atoms with Crippen molar-refractivity contribution in [1.82, 2.24) is 15.2 Å². The molecule has 1 fully saturated rings. The maximum atomic E-state index is 13.4. The molecule has 162 valence electrons. The Kier molecular flexibility index (Phi) is 6.18. The van der Waals surface area contributed by atoms with Gasteiger partial charge in [-0.3, -0.25) is 15.2 Å². The van der Waals surface area contributed by atoms with Crippen LogP contribution in [0.1, 0.15) is 29.8 Å². The smallest absolute Gasteiger partial charge is 0.248 e. The predicted molar refractivity (Wildman–Crippen MR) is 116 cm³/mol. The summed E-state index contributed by atoms with van der Waals surface area (Å²) in [6.07, 6.45) is 1.76. The van der Waals surface area contributed by atoms with Crippen LogP contribution in [0.4, 0.5) is 5.95 Å². The van der Waals surface area contributed by atoms with Gasteiger partial charge in [0.2, 0.25) is 11.9 Å². The summed E-state index contributed by atoms with van der Waals surface area (Å²) in [4.78, 5) is 17.8. The van der Waals surface area contributed by atoms with Gasteiger partial charge in [-0.25, -0.2) is 0 Å². The van der Waals surface area contributed by atoms with Gasteiger partial charge in [0.15, 0.2) is 0 Å². The van der Waals surface area contributed by atoms with Crippen molar-refractivity contribution in [3.05, 3.63) is 65.5 Å². The minimum Gasteiger partial charge on any atom is -0.497 e. The molecule has 4 rings (SSSR count). The van der Waals surface area contributed by atoms with Gasteiger partial charge in [0.1, 0.15) is 17.3 Å². The lowest BCUT2D eigenvalue weighted by molar-refractivity contribution is -0.125. The summed E-state index contributed by atoms with van der Waals surface area (Å²) in [6, 6.07) is 15.4. The highest BCUT2D eigenvalue weighted by molar-refractivity contribution is 5.98. The van der Waals surface area contributed by atoms with Gasteiger partial charge in [-0.05, 0) is 48.2 Å². The van der Waals surface area contributed by atoms with Crippen molar-refractivity contribution >= 4 is 11.9 Å². The van der Waals surface area contributed by atoms with E-state index in [-0.39, 0.29) is 11.9 Å². The average molecular weight is 422 g/mol. The Morgan fingerprint density at radius 1 is 1.03 bits per heavy atom. The maximum absolute atomic E-state index is 13.4. The molecular weight excluding hydrogens is 396 g/mol. The highest BCUT2D eigenvalue weighted by Gasteiger charge is 2.42. The summed E-state index contributed by atoms with van der Waals surface area (Å²) in [5.41, 5.74) is 1.30. The first-order valence-corrected chi connectivity index (χ1v) is 10.2. The number of aromatic amines is 1. The summed E-state index contributed by atoms with van der Waals surface area (Å²) in [7, 11) is 3.26. The van der Waals surface area contributed by atoms with Gasteiger partial charge in [-0.2, -0.15) is 4.98 Å². The van der Waals surface area contributed by atoms with E-state index in [1.54, 1.807) is 14.2 Å². The molecule has 1 aromatic heterocycles. The quantitative estimate of drug-likeness (QED) is 0.607. The predicted octanol–water partition coefficient (Wildman–Crippen LogP) is 3.10. The SMILES string of the molecule is COc1ccc(Cc2nc(NC(=O)C3(c4ccc(OC)cc4)CCOCC3)n[nH]2)cc1. The molecule has 31 heavy (non-hydrogen) atoms. The number of hydrogen-bond acceptors (Lipinski definition) is 6. The van der Waals surface area contributed by atoms with E-state index in [1.807, 2.05) is 48.5 Å². The number of amides is 1. The zero-order valence-electron chi connectivity index (χ0n) is 17.7. The van der Waals surface area contributed by atoms with Gasteiger partial charge < -0.3 is 14.2 Å². The molecule has 0 saturated carbocycles. The normalized spacial score (nSPS) is 15.3. The number of anilines is 1. The molecule has 0 aliphatic carbocycles. The van der Waals surface area contributed by atoms with Crippen LogP contribution in [0.2, 0.25) is 0 Å². The molecule has 1 amide bonds. The number of hydrogen-bond donors (Lipinski definition) is 2. The summed E-state index contributed by atoms with van der Waals surface area (Å²) in [5.74, 6) is 2.37. The third kappa shape index (κ3) is 4.54. The Bertz CT molecular complexity index is 1010. The molecule has 2 heterocycles. The fraction of sp³-hybridized carbons (Fsp3) is 0.348. The molecule has 8 heteroatoms. The Morgan fingerprint density at radius 2 is 1.65 bits per heavy atom. The number of rotatable bonds is 7. The lowest BCUT2D eigenvalue weighted by Gasteiger charge is -2.35. The van der Waals surface area contributed by atoms with E-state index >= 15 is 0 Å². The van der Waals surface area contributed by atoms with E-state index < -0.39 is 5.41 Å². The summed E-state index contributed by atoms with van der Waals surface area (Å²) >= 11 is 0. The van der Waals surface area contributed by atoms with Crippen LogP contribution >= 0.6 is 0 Å². The minimum absolute atomic E-state index is 0.129. The van der Waals surface area contributed by atoms with Crippen LogP contribution in [-0.2, 0) is 21.4 Å². The second-order valence-electron chi connectivity index (χ2n) is 7.51. The highest BCUT2D eigenvalue weighted by Crippen LogP contribution is 2.36. The number of methoxy groups -OCH3 is 2. The Labute approximate surface area is 180 Å². The zero-order valence-corrected chi connectivity index (χ0v) is 17.7. The van der Waals surface area contributed by atoms with Crippen molar-refractivity contribution < 1.29 is 19.0 Å². The van der Waals surface area contributed by atoms with Crippen LogP contribution in [0, 0.1) is 0 Å². The van der Waals surface area contributed by atoms with E-state index in [2.05, 4.69) is 20.5 Å². The van der Waals surface area contributed by atoms with E-state index in [0.717, 1.165) is 22.6 Å². The first kappa shape index (κ1) is 20.9. The number of benzene rings is 2. The summed E-state index contributed by atoms with van der Waals surface area (Å²) in [5, 5.41) is 10.0. The van der Waals surface area contributed by atoms with Gasteiger partial charge in [-0.1, -0.05) is 24.3 Å². The summed E-state index contributed by atoms with van der Waals surface area (Å²) < 4.78 is 16.0. The molecule has 3 aromatic rings. The molecule has 0 unspecified atom stereocenters. The molecule has 1 aliphatic heterocycles. The van der Waals surface area contributed by atoms with Gasteiger partial charge in [0, 0.05) is 19.6 Å². The lowest BCUT2D eigenvalue weighted by atomic mass is 9.73. The van der Waals surface area contributed by atoms with Crippen molar-refractivity contribution in [2.75, 3.05) is 32.8 Å². The molecular formula is C23H26N4O4. The number of carbonyl (C=O) groups is 1. The highest BCUT2D eigenvalue weighted by atomic mass is 16.5. The molecule has 0 radical (unpaired) electrons. The van der Waals surface area contributed by atoms with Gasteiger partial charge in [0.05, 0.1) is 19.6 Å². The van der Waals surface area contributed by atoms with Crippen LogP contribution in [0.15, 0.2) is 48.5 Å². The Hall–Kier alpha value is -3.39. The zero-order chi connectivity index (χ0) is 21.7. The fourth-order valence-corrected chi connectivity index (χ4v) is 3.86. The maximum Gasteiger partial charge on any atom is 0.248 e. The van der Waals surface area contributed by atoms with Gasteiger partial charge in [-0.15, -0.1) is 5.10 Å². The first-order chi connectivity index (χ1) is 15.1. The molecule has 0 bridgehead atoms.